The van der Waals surface area contributed by atoms with Crippen molar-refractivity contribution in [2.24, 2.45) is 0 Å². The van der Waals surface area contributed by atoms with E-state index in [4.69, 9.17) is 10.5 Å². The molecule has 3 rings (SSSR count). The third kappa shape index (κ3) is 3.59. The Bertz CT molecular complexity index is 949. The summed E-state index contributed by atoms with van der Waals surface area (Å²) in [5, 5.41) is 0. The summed E-state index contributed by atoms with van der Waals surface area (Å²) in [7, 11) is 1.51. The predicted octanol–water partition coefficient (Wildman–Crippen LogP) is 4.88. The smallest absolute Gasteiger partial charge is 0.159 e. The first kappa shape index (κ1) is 17.7. The molecule has 0 fully saturated rings. The average molecular weight is 349 g/mol. The summed E-state index contributed by atoms with van der Waals surface area (Å²) in [6, 6.07) is 17.8. The molecule has 2 N–H and O–H groups in total. The highest BCUT2D eigenvalue weighted by Gasteiger charge is 2.17. The molecule has 0 spiro atoms. The molecule has 4 heteroatoms. The van der Waals surface area contributed by atoms with Crippen LogP contribution in [0, 0.1) is 5.82 Å². The van der Waals surface area contributed by atoms with Crippen LogP contribution in [0.25, 0.3) is 11.1 Å². The van der Waals surface area contributed by atoms with Gasteiger partial charge in [-0.1, -0.05) is 36.4 Å². The van der Waals surface area contributed by atoms with E-state index in [0.717, 1.165) is 5.56 Å². The van der Waals surface area contributed by atoms with Gasteiger partial charge in [-0.25, -0.2) is 4.39 Å². The van der Waals surface area contributed by atoms with Crippen LogP contribution in [0.3, 0.4) is 0 Å². The Hall–Kier alpha value is -3.14. The van der Waals surface area contributed by atoms with E-state index in [9.17, 15) is 4.79 Å². The number of ether oxygens (including phenoxy) is 1. The molecule has 0 bridgehead atoms. The molecule has 0 saturated heterocycles. The number of anilines is 1. The largest absolute Gasteiger partial charge is 0.496 e. The lowest BCUT2D eigenvalue weighted by Gasteiger charge is -2.14. The van der Waals surface area contributed by atoms with Crippen molar-refractivity contribution in [2.75, 3.05) is 12.8 Å². The fourth-order valence-electron chi connectivity index (χ4n) is 2.93. The van der Waals surface area contributed by atoms with Gasteiger partial charge in [-0.2, -0.15) is 0 Å². The number of hydrogen-bond acceptors (Lipinski definition) is 3. The second-order valence-electron chi connectivity index (χ2n) is 6.17. The number of halogens is 1. The first-order valence-electron chi connectivity index (χ1n) is 8.30. The zero-order valence-electron chi connectivity index (χ0n) is 14.8. The van der Waals surface area contributed by atoms with Gasteiger partial charge in [-0.15, -0.1) is 0 Å². The topological polar surface area (TPSA) is 52.3 Å². The van der Waals surface area contributed by atoms with E-state index in [1.165, 1.54) is 14.0 Å². The highest BCUT2D eigenvalue weighted by atomic mass is 19.1. The van der Waals surface area contributed by atoms with E-state index < -0.39 is 0 Å². The normalized spacial score (nSPS) is 10.6. The minimum absolute atomic E-state index is 0.0655. The van der Waals surface area contributed by atoms with Crippen molar-refractivity contribution in [2.45, 2.75) is 13.3 Å². The van der Waals surface area contributed by atoms with Gasteiger partial charge in [-0.05, 0) is 47.9 Å². The predicted molar refractivity (Wildman–Crippen MR) is 102 cm³/mol. The Kier molecular flexibility index (Phi) is 5.03. The molecule has 3 aromatic rings. The van der Waals surface area contributed by atoms with E-state index in [1.54, 1.807) is 48.5 Å². The summed E-state index contributed by atoms with van der Waals surface area (Å²) in [5.74, 6) is 0.0235. The minimum Gasteiger partial charge on any atom is -0.496 e. The molecule has 0 aliphatic heterocycles. The number of Topliss-reactive ketones (excluding diaryl/α,β-unsaturated/α-hetero) is 1. The number of rotatable bonds is 5. The van der Waals surface area contributed by atoms with Crippen LogP contribution in [-0.4, -0.2) is 12.9 Å². The fraction of sp³-hybridized carbons (Fsp3) is 0.136. The van der Waals surface area contributed by atoms with Crippen LogP contribution in [0.15, 0.2) is 60.7 Å². The van der Waals surface area contributed by atoms with E-state index in [1.807, 2.05) is 12.1 Å². The lowest BCUT2D eigenvalue weighted by molar-refractivity contribution is 0.101. The summed E-state index contributed by atoms with van der Waals surface area (Å²) in [6.45, 7) is 1.49. The van der Waals surface area contributed by atoms with Crippen LogP contribution in [0.1, 0.15) is 28.4 Å². The number of carbonyl (C=O) groups is 1. The van der Waals surface area contributed by atoms with Crippen molar-refractivity contribution < 1.29 is 13.9 Å². The lowest BCUT2D eigenvalue weighted by atomic mass is 9.95. The molecule has 3 nitrogen and oxygen atoms in total. The maximum absolute atomic E-state index is 15.3. The molecule has 3 aromatic carbocycles. The minimum atomic E-state index is -0.345. The van der Waals surface area contributed by atoms with Gasteiger partial charge in [0, 0.05) is 17.7 Å². The standard InChI is InChI=1S/C22H20FNO2/c1-14(25)16-4-3-5-17(13-16)21-20(26-2)11-8-18(22(21)23)12-15-6-9-19(24)10-7-15/h3-11,13H,12,24H2,1-2H3. The zero-order chi connectivity index (χ0) is 18.7. The molecule has 0 saturated carbocycles. The van der Waals surface area contributed by atoms with Gasteiger partial charge in [0.2, 0.25) is 0 Å². The molecule has 0 aliphatic rings. The van der Waals surface area contributed by atoms with Crippen molar-refractivity contribution in [3.05, 3.63) is 83.2 Å². The Balaban J connectivity index is 2.08. The Morgan fingerprint density at radius 2 is 1.81 bits per heavy atom. The third-order valence-electron chi connectivity index (χ3n) is 4.34. The molecule has 0 unspecified atom stereocenters. The lowest BCUT2D eigenvalue weighted by Crippen LogP contribution is -2.00. The molecule has 26 heavy (non-hydrogen) atoms. The third-order valence-corrected chi connectivity index (χ3v) is 4.34. The van der Waals surface area contributed by atoms with Crippen LogP contribution >= 0.6 is 0 Å². The van der Waals surface area contributed by atoms with Crippen molar-refractivity contribution in [1.29, 1.82) is 0 Å². The van der Waals surface area contributed by atoms with Gasteiger partial charge >= 0.3 is 0 Å². The van der Waals surface area contributed by atoms with Crippen LogP contribution in [0.5, 0.6) is 5.75 Å². The van der Waals surface area contributed by atoms with Gasteiger partial charge in [-0.3, -0.25) is 4.79 Å². The van der Waals surface area contributed by atoms with Gasteiger partial charge in [0.15, 0.2) is 5.78 Å². The highest BCUT2D eigenvalue weighted by molar-refractivity contribution is 5.95. The van der Waals surface area contributed by atoms with E-state index in [-0.39, 0.29) is 11.6 Å². The van der Waals surface area contributed by atoms with Crippen LogP contribution in [0.2, 0.25) is 0 Å². The Morgan fingerprint density at radius 3 is 2.46 bits per heavy atom. The fourth-order valence-corrected chi connectivity index (χ4v) is 2.93. The summed E-state index contributed by atoms with van der Waals surface area (Å²) in [4.78, 5) is 11.7. The Morgan fingerprint density at radius 1 is 1.08 bits per heavy atom. The Labute approximate surface area is 152 Å². The van der Waals surface area contributed by atoms with Crippen molar-refractivity contribution >= 4 is 11.5 Å². The van der Waals surface area contributed by atoms with Gasteiger partial charge in [0.05, 0.1) is 12.7 Å². The number of nitrogen functional groups attached to an aromatic ring is 1. The molecule has 0 aliphatic carbocycles. The monoisotopic (exact) mass is 349 g/mol. The number of benzene rings is 3. The molecule has 0 aromatic heterocycles. The number of ketones is 1. The van der Waals surface area contributed by atoms with E-state index >= 15 is 4.39 Å². The van der Waals surface area contributed by atoms with Crippen LogP contribution in [-0.2, 0) is 6.42 Å². The second kappa shape index (κ2) is 7.40. The highest BCUT2D eigenvalue weighted by Crippen LogP contribution is 2.35. The quantitative estimate of drug-likeness (QED) is 0.528. The SMILES string of the molecule is COc1ccc(Cc2ccc(N)cc2)c(F)c1-c1cccc(C(C)=O)c1. The average Bonchev–Trinajstić information content (AvgIpc) is 2.65. The van der Waals surface area contributed by atoms with Gasteiger partial charge in [0.1, 0.15) is 11.6 Å². The molecule has 0 radical (unpaired) electrons. The van der Waals surface area contributed by atoms with Crippen molar-refractivity contribution in [3.63, 3.8) is 0 Å². The summed E-state index contributed by atoms with van der Waals surface area (Å²) < 4.78 is 20.7. The maximum atomic E-state index is 15.3. The van der Waals surface area contributed by atoms with Gasteiger partial charge in [0.25, 0.3) is 0 Å². The number of methoxy groups -OCH3 is 1. The first-order chi connectivity index (χ1) is 12.5. The van der Waals surface area contributed by atoms with E-state index in [0.29, 0.717) is 40.1 Å². The summed E-state index contributed by atoms with van der Waals surface area (Å²) >= 11 is 0. The van der Waals surface area contributed by atoms with Crippen molar-refractivity contribution in [3.8, 4) is 16.9 Å². The first-order valence-corrected chi connectivity index (χ1v) is 8.30. The molecule has 0 amide bonds. The number of carbonyl (C=O) groups excluding carboxylic acids is 1. The molecule has 132 valence electrons. The van der Waals surface area contributed by atoms with Crippen LogP contribution in [0.4, 0.5) is 10.1 Å². The molecule has 0 heterocycles. The second-order valence-corrected chi connectivity index (χ2v) is 6.17. The molecular weight excluding hydrogens is 329 g/mol. The van der Waals surface area contributed by atoms with Crippen molar-refractivity contribution in [1.82, 2.24) is 0 Å². The summed E-state index contributed by atoms with van der Waals surface area (Å²) in [5.41, 5.74) is 9.42. The summed E-state index contributed by atoms with van der Waals surface area (Å²) in [6.07, 6.45) is 0.440. The molecular formula is C22H20FNO2. The number of hydrogen-bond donors (Lipinski definition) is 1. The van der Waals surface area contributed by atoms with Crippen LogP contribution < -0.4 is 10.5 Å². The zero-order valence-corrected chi connectivity index (χ0v) is 14.8. The van der Waals surface area contributed by atoms with E-state index in [2.05, 4.69) is 0 Å². The molecule has 0 atom stereocenters. The number of nitrogens with two attached hydrogens (primary N) is 1. The van der Waals surface area contributed by atoms with Gasteiger partial charge < -0.3 is 10.5 Å². The maximum Gasteiger partial charge on any atom is 0.159 e.